The Hall–Kier alpha value is -2.51. The van der Waals surface area contributed by atoms with Crippen LogP contribution in [-0.4, -0.2) is 14.5 Å². The summed E-state index contributed by atoms with van der Waals surface area (Å²) in [6, 6.07) is 7.43. The summed E-state index contributed by atoms with van der Waals surface area (Å²) >= 11 is 5.95. The minimum Gasteiger partial charge on any atom is -0.383 e. The van der Waals surface area contributed by atoms with Gasteiger partial charge >= 0.3 is 0 Å². The van der Waals surface area contributed by atoms with E-state index in [1.165, 1.54) is 6.33 Å². The van der Waals surface area contributed by atoms with Crippen LogP contribution in [0.3, 0.4) is 0 Å². The fraction of sp³-hybridized carbons (Fsp3) is 0.125. The van der Waals surface area contributed by atoms with Crippen molar-refractivity contribution in [1.29, 1.82) is 0 Å². The predicted octanol–water partition coefficient (Wildman–Crippen LogP) is 3.53. The number of hydrogen-bond acceptors (Lipinski definition) is 3. The van der Waals surface area contributed by atoms with Crippen molar-refractivity contribution in [2.45, 2.75) is 13.0 Å². The lowest BCUT2D eigenvalue weighted by Crippen LogP contribution is -2.02. The van der Waals surface area contributed by atoms with Gasteiger partial charge in [-0.05, 0) is 24.6 Å². The maximum atomic E-state index is 6.04. The second-order valence-electron chi connectivity index (χ2n) is 4.76. The molecule has 5 heteroatoms. The molecule has 1 aromatic carbocycles. The average molecular weight is 297 g/mol. The number of hydrogen-bond donors (Lipinski definition) is 1. The monoisotopic (exact) mass is 296 g/mol. The first-order chi connectivity index (χ1) is 10.1. The van der Waals surface area contributed by atoms with Crippen LogP contribution in [0.25, 0.3) is 22.2 Å². The van der Waals surface area contributed by atoms with Gasteiger partial charge in [0.1, 0.15) is 17.8 Å². The molecule has 0 fully saturated rings. The number of terminal acetylenes is 1. The maximum Gasteiger partial charge on any atom is 0.147 e. The van der Waals surface area contributed by atoms with Gasteiger partial charge in [-0.3, -0.25) is 0 Å². The molecule has 21 heavy (non-hydrogen) atoms. The van der Waals surface area contributed by atoms with E-state index in [1.54, 1.807) is 0 Å². The van der Waals surface area contributed by atoms with Crippen molar-refractivity contribution in [3.05, 3.63) is 41.8 Å². The van der Waals surface area contributed by atoms with Crippen molar-refractivity contribution in [3.8, 4) is 23.5 Å². The van der Waals surface area contributed by atoms with Crippen molar-refractivity contribution in [2.75, 3.05) is 5.73 Å². The summed E-state index contributed by atoms with van der Waals surface area (Å²) in [6.45, 7) is 1.93. The zero-order valence-electron chi connectivity index (χ0n) is 11.4. The van der Waals surface area contributed by atoms with Gasteiger partial charge in [0.05, 0.1) is 11.4 Å². The second-order valence-corrected chi connectivity index (χ2v) is 5.19. The van der Waals surface area contributed by atoms with Crippen LogP contribution in [0, 0.1) is 12.3 Å². The van der Waals surface area contributed by atoms with E-state index >= 15 is 0 Å². The summed E-state index contributed by atoms with van der Waals surface area (Å²) < 4.78 is 1.93. The van der Waals surface area contributed by atoms with Crippen LogP contribution in [0.15, 0.2) is 36.8 Å². The van der Waals surface area contributed by atoms with Gasteiger partial charge in [0.2, 0.25) is 0 Å². The molecule has 104 valence electrons. The van der Waals surface area contributed by atoms with Gasteiger partial charge in [-0.25, -0.2) is 9.97 Å². The predicted molar refractivity (Wildman–Crippen MR) is 85.9 cm³/mol. The minimum absolute atomic E-state index is 0.122. The molecule has 1 atom stereocenters. The third-order valence-electron chi connectivity index (χ3n) is 3.45. The highest BCUT2D eigenvalue weighted by Gasteiger charge is 2.16. The molecule has 3 aromatic rings. The molecule has 0 aliphatic carbocycles. The lowest BCUT2D eigenvalue weighted by Gasteiger charge is -2.06. The molecule has 2 heterocycles. The largest absolute Gasteiger partial charge is 0.383 e. The van der Waals surface area contributed by atoms with Crippen molar-refractivity contribution in [3.63, 3.8) is 0 Å². The topological polar surface area (TPSA) is 56.7 Å². The summed E-state index contributed by atoms with van der Waals surface area (Å²) in [5.41, 5.74) is 8.71. The van der Waals surface area contributed by atoms with Gasteiger partial charge < -0.3 is 10.3 Å². The molecular weight excluding hydrogens is 284 g/mol. The highest BCUT2D eigenvalue weighted by atomic mass is 35.5. The van der Waals surface area contributed by atoms with Crippen LogP contribution in [0.1, 0.15) is 13.0 Å². The quantitative estimate of drug-likeness (QED) is 0.736. The van der Waals surface area contributed by atoms with E-state index in [2.05, 4.69) is 15.9 Å². The Labute approximate surface area is 127 Å². The first-order valence-corrected chi connectivity index (χ1v) is 6.82. The van der Waals surface area contributed by atoms with E-state index in [4.69, 9.17) is 23.8 Å². The number of benzene rings is 1. The standard InChI is InChI=1S/C16H13ClN4/c1-3-10(2)21-8-13(11-4-6-12(17)7-5-11)14-15(18)19-9-20-16(14)21/h1,4-10H,2H3,(H2,18,19,20). The molecule has 2 aromatic heterocycles. The minimum atomic E-state index is -0.122. The Balaban J connectivity index is 2.33. The Kier molecular flexibility index (Phi) is 3.28. The first kappa shape index (κ1) is 13.5. The van der Waals surface area contributed by atoms with Crippen molar-refractivity contribution < 1.29 is 0 Å². The van der Waals surface area contributed by atoms with Crippen LogP contribution in [0.2, 0.25) is 5.02 Å². The van der Waals surface area contributed by atoms with Gasteiger partial charge in [-0.1, -0.05) is 29.7 Å². The lowest BCUT2D eigenvalue weighted by atomic mass is 10.1. The van der Waals surface area contributed by atoms with Crippen molar-refractivity contribution in [1.82, 2.24) is 14.5 Å². The number of halogens is 1. The number of nitrogens with two attached hydrogens (primary N) is 1. The normalized spacial score (nSPS) is 12.2. The van der Waals surface area contributed by atoms with Gasteiger partial charge in [0.25, 0.3) is 0 Å². The molecule has 0 amide bonds. The van der Waals surface area contributed by atoms with E-state index in [9.17, 15) is 0 Å². The van der Waals surface area contributed by atoms with Crippen LogP contribution < -0.4 is 5.73 Å². The molecule has 0 bridgehead atoms. The molecule has 0 saturated carbocycles. The van der Waals surface area contributed by atoms with E-state index in [-0.39, 0.29) is 6.04 Å². The van der Waals surface area contributed by atoms with Gasteiger partial charge in [0, 0.05) is 16.8 Å². The average Bonchev–Trinajstić information content (AvgIpc) is 2.88. The zero-order valence-corrected chi connectivity index (χ0v) is 12.2. The summed E-state index contributed by atoms with van der Waals surface area (Å²) in [5, 5.41) is 1.49. The third kappa shape index (κ3) is 2.22. The Morgan fingerprint density at radius 2 is 2.00 bits per heavy atom. The fourth-order valence-electron chi connectivity index (χ4n) is 2.33. The smallest absolute Gasteiger partial charge is 0.147 e. The van der Waals surface area contributed by atoms with Gasteiger partial charge in [0.15, 0.2) is 0 Å². The molecule has 0 radical (unpaired) electrons. The molecule has 0 aliphatic heterocycles. The number of nitrogen functional groups attached to an aromatic ring is 1. The highest BCUT2D eigenvalue weighted by molar-refractivity contribution is 6.30. The fourth-order valence-corrected chi connectivity index (χ4v) is 2.46. The Bertz CT molecular complexity index is 843. The third-order valence-corrected chi connectivity index (χ3v) is 3.70. The molecule has 0 aliphatic rings. The lowest BCUT2D eigenvalue weighted by molar-refractivity contribution is 0.703. The molecule has 0 spiro atoms. The molecular formula is C16H13ClN4. The number of aromatic nitrogens is 3. The highest BCUT2D eigenvalue weighted by Crippen LogP contribution is 2.34. The maximum absolute atomic E-state index is 6.04. The summed E-state index contributed by atoms with van der Waals surface area (Å²) in [4.78, 5) is 8.41. The molecule has 2 N–H and O–H groups in total. The number of rotatable bonds is 2. The van der Waals surface area contributed by atoms with Crippen LogP contribution in [0.4, 0.5) is 5.82 Å². The van der Waals surface area contributed by atoms with E-state index in [1.807, 2.05) is 42.0 Å². The van der Waals surface area contributed by atoms with E-state index in [0.717, 1.165) is 22.2 Å². The molecule has 4 nitrogen and oxygen atoms in total. The van der Waals surface area contributed by atoms with Crippen LogP contribution in [0.5, 0.6) is 0 Å². The number of fused-ring (bicyclic) bond motifs is 1. The molecule has 0 saturated heterocycles. The second kappa shape index (κ2) is 5.12. The Morgan fingerprint density at radius 1 is 1.29 bits per heavy atom. The zero-order chi connectivity index (χ0) is 15.0. The van der Waals surface area contributed by atoms with E-state index < -0.39 is 0 Å². The van der Waals surface area contributed by atoms with E-state index in [0.29, 0.717) is 10.8 Å². The van der Waals surface area contributed by atoms with Crippen LogP contribution in [-0.2, 0) is 0 Å². The number of nitrogens with zero attached hydrogens (tertiary/aromatic N) is 3. The Morgan fingerprint density at radius 3 is 2.67 bits per heavy atom. The summed E-state index contributed by atoms with van der Waals surface area (Å²) in [7, 11) is 0. The SMILES string of the molecule is C#CC(C)n1cc(-c2ccc(Cl)cc2)c2c(N)ncnc21. The van der Waals surface area contributed by atoms with Gasteiger partial charge in [-0.15, -0.1) is 6.42 Å². The first-order valence-electron chi connectivity index (χ1n) is 6.45. The molecule has 1 unspecified atom stereocenters. The summed E-state index contributed by atoms with van der Waals surface area (Å²) in [6.07, 6.45) is 8.95. The van der Waals surface area contributed by atoms with Crippen molar-refractivity contribution >= 4 is 28.5 Å². The summed E-state index contributed by atoms with van der Waals surface area (Å²) in [5.74, 6) is 3.15. The van der Waals surface area contributed by atoms with Crippen LogP contribution >= 0.6 is 11.6 Å². The number of anilines is 1. The van der Waals surface area contributed by atoms with Gasteiger partial charge in [-0.2, -0.15) is 0 Å². The molecule has 3 rings (SSSR count). The van der Waals surface area contributed by atoms with Crippen molar-refractivity contribution in [2.24, 2.45) is 0 Å².